The molecule has 2 heterocycles. The van der Waals surface area contributed by atoms with Gasteiger partial charge in [0.2, 0.25) is 5.91 Å². The van der Waals surface area contributed by atoms with Crippen molar-refractivity contribution in [3.8, 4) is 0 Å². The maximum atomic E-state index is 12.5. The number of fused-ring (bicyclic) bond motifs is 3. The summed E-state index contributed by atoms with van der Waals surface area (Å²) < 4.78 is 2.35. The molecule has 0 atom stereocenters. The van der Waals surface area contributed by atoms with E-state index < -0.39 is 0 Å². The second kappa shape index (κ2) is 5.31. The average Bonchev–Trinajstić information content (AvgIpc) is 2.86. The largest absolute Gasteiger partial charge is 0.341 e. The molecule has 1 aliphatic heterocycles. The molecule has 1 aromatic carbocycles. The van der Waals surface area contributed by atoms with E-state index in [1.54, 1.807) is 0 Å². The first kappa shape index (κ1) is 13.2. The van der Waals surface area contributed by atoms with Gasteiger partial charge in [0.15, 0.2) is 0 Å². The van der Waals surface area contributed by atoms with Crippen LogP contribution in [0.1, 0.15) is 32.4 Å². The Hall–Kier alpha value is -1.77. The third-order valence-electron chi connectivity index (χ3n) is 4.49. The molecule has 0 aliphatic carbocycles. The van der Waals surface area contributed by atoms with Crippen molar-refractivity contribution in [3.63, 3.8) is 0 Å². The van der Waals surface area contributed by atoms with Crippen LogP contribution in [0.4, 0.5) is 0 Å². The van der Waals surface area contributed by atoms with Crippen molar-refractivity contribution in [2.24, 2.45) is 5.92 Å². The minimum atomic E-state index is 0.186. The highest BCUT2D eigenvalue weighted by Crippen LogP contribution is 2.25. The van der Waals surface area contributed by atoms with Crippen LogP contribution in [0.3, 0.4) is 0 Å². The molecule has 2 aromatic rings. The number of para-hydroxylation sites is 1. The maximum absolute atomic E-state index is 12.5. The van der Waals surface area contributed by atoms with E-state index in [9.17, 15) is 4.79 Å². The van der Waals surface area contributed by atoms with E-state index in [-0.39, 0.29) is 5.92 Å². The Morgan fingerprint density at radius 1 is 1.20 bits per heavy atom. The molecule has 106 valence electrons. The lowest BCUT2D eigenvalue weighted by Gasteiger charge is -2.31. The number of carbonyl (C=O) groups is 1. The number of hydrogen-bond acceptors (Lipinski definition) is 1. The molecule has 0 saturated heterocycles. The second-order valence-electron chi connectivity index (χ2n) is 5.62. The van der Waals surface area contributed by atoms with Crippen LogP contribution >= 0.6 is 0 Å². The Morgan fingerprint density at radius 3 is 2.70 bits per heavy atom. The van der Waals surface area contributed by atoms with Gasteiger partial charge in [-0.2, -0.15) is 0 Å². The van der Waals surface area contributed by atoms with Gasteiger partial charge in [0.25, 0.3) is 0 Å². The monoisotopic (exact) mass is 270 g/mol. The molecule has 0 radical (unpaired) electrons. The van der Waals surface area contributed by atoms with Crippen LogP contribution in [0.25, 0.3) is 10.9 Å². The molecule has 0 saturated carbocycles. The van der Waals surface area contributed by atoms with Crippen LogP contribution in [0.15, 0.2) is 30.3 Å². The fraction of sp³-hybridized carbons (Fsp3) is 0.471. The van der Waals surface area contributed by atoms with Crippen LogP contribution in [0, 0.1) is 5.92 Å². The summed E-state index contributed by atoms with van der Waals surface area (Å²) in [6, 6.07) is 10.7. The van der Waals surface area contributed by atoms with Crippen molar-refractivity contribution in [3.05, 3.63) is 36.0 Å². The fourth-order valence-electron chi connectivity index (χ4n) is 3.24. The standard InChI is InChI=1S/C17H22N2O/c1-3-13(4-2)17(20)18-9-10-19-15(12-18)11-14-7-5-6-8-16(14)19/h5-8,11,13H,3-4,9-10,12H2,1-2H3. The first-order valence-electron chi connectivity index (χ1n) is 7.60. The Bertz CT molecular complexity index is 625. The lowest BCUT2D eigenvalue weighted by Crippen LogP contribution is -2.41. The quantitative estimate of drug-likeness (QED) is 0.839. The van der Waals surface area contributed by atoms with Crippen molar-refractivity contribution < 1.29 is 4.79 Å². The van der Waals surface area contributed by atoms with Crippen molar-refractivity contribution in [1.29, 1.82) is 0 Å². The molecule has 1 amide bonds. The summed E-state index contributed by atoms with van der Waals surface area (Å²) in [5.74, 6) is 0.512. The Labute approximate surface area is 120 Å². The van der Waals surface area contributed by atoms with Crippen LogP contribution in [0.2, 0.25) is 0 Å². The molecule has 3 nitrogen and oxygen atoms in total. The number of hydrogen-bond donors (Lipinski definition) is 0. The Kier molecular flexibility index (Phi) is 3.51. The predicted molar refractivity (Wildman–Crippen MR) is 81.4 cm³/mol. The van der Waals surface area contributed by atoms with E-state index >= 15 is 0 Å². The van der Waals surface area contributed by atoms with Gasteiger partial charge in [0, 0.05) is 30.2 Å². The summed E-state index contributed by atoms with van der Waals surface area (Å²) in [6.45, 7) is 6.71. The zero-order chi connectivity index (χ0) is 14.1. The highest BCUT2D eigenvalue weighted by Gasteiger charge is 2.26. The minimum absolute atomic E-state index is 0.186. The molecule has 1 aliphatic rings. The Balaban J connectivity index is 1.87. The lowest BCUT2D eigenvalue weighted by molar-refractivity contribution is -0.137. The second-order valence-corrected chi connectivity index (χ2v) is 5.62. The van der Waals surface area contributed by atoms with Gasteiger partial charge in [-0.15, -0.1) is 0 Å². The highest BCUT2D eigenvalue weighted by molar-refractivity contribution is 5.82. The van der Waals surface area contributed by atoms with E-state index in [0.29, 0.717) is 5.91 Å². The molecule has 1 aromatic heterocycles. The Morgan fingerprint density at radius 2 is 1.95 bits per heavy atom. The number of aromatic nitrogens is 1. The van der Waals surface area contributed by atoms with Gasteiger partial charge in [0.1, 0.15) is 0 Å². The molecule has 0 unspecified atom stereocenters. The number of nitrogens with zero attached hydrogens (tertiary/aromatic N) is 2. The zero-order valence-corrected chi connectivity index (χ0v) is 12.3. The maximum Gasteiger partial charge on any atom is 0.226 e. The molecule has 3 heteroatoms. The SMILES string of the molecule is CCC(CC)C(=O)N1CCn2c(cc3ccccc32)C1. The van der Waals surface area contributed by atoms with Crippen LogP contribution in [0.5, 0.6) is 0 Å². The van der Waals surface area contributed by atoms with Gasteiger partial charge in [-0.05, 0) is 30.4 Å². The van der Waals surface area contributed by atoms with Gasteiger partial charge < -0.3 is 9.47 Å². The topological polar surface area (TPSA) is 25.2 Å². The summed E-state index contributed by atoms with van der Waals surface area (Å²) >= 11 is 0. The van der Waals surface area contributed by atoms with Crippen LogP contribution < -0.4 is 0 Å². The first-order chi connectivity index (χ1) is 9.74. The van der Waals surface area contributed by atoms with Crippen molar-refractivity contribution in [1.82, 2.24) is 9.47 Å². The number of benzene rings is 1. The molecular weight excluding hydrogens is 248 g/mol. The lowest BCUT2D eigenvalue weighted by atomic mass is 10.0. The van der Waals surface area contributed by atoms with Gasteiger partial charge in [0.05, 0.1) is 6.54 Å². The number of rotatable bonds is 3. The molecule has 0 fully saturated rings. The zero-order valence-electron chi connectivity index (χ0n) is 12.3. The molecule has 0 N–H and O–H groups in total. The number of carbonyl (C=O) groups excluding carboxylic acids is 1. The third kappa shape index (κ3) is 2.11. The normalized spacial score (nSPS) is 14.8. The summed E-state index contributed by atoms with van der Waals surface area (Å²) in [6.07, 6.45) is 1.88. The minimum Gasteiger partial charge on any atom is -0.341 e. The van der Waals surface area contributed by atoms with Crippen molar-refractivity contribution in [2.45, 2.75) is 39.8 Å². The molecule has 0 spiro atoms. The van der Waals surface area contributed by atoms with Gasteiger partial charge in [-0.1, -0.05) is 32.0 Å². The summed E-state index contributed by atoms with van der Waals surface area (Å²) in [5, 5.41) is 1.28. The first-order valence-corrected chi connectivity index (χ1v) is 7.60. The third-order valence-corrected chi connectivity index (χ3v) is 4.49. The smallest absolute Gasteiger partial charge is 0.226 e. The van der Waals surface area contributed by atoms with Crippen molar-refractivity contribution >= 4 is 16.8 Å². The van der Waals surface area contributed by atoms with Crippen LogP contribution in [-0.2, 0) is 17.9 Å². The van der Waals surface area contributed by atoms with Crippen molar-refractivity contribution in [2.75, 3.05) is 6.54 Å². The van der Waals surface area contributed by atoms with E-state index in [1.165, 1.54) is 16.6 Å². The van der Waals surface area contributed by atoms with E-state index in [4.69, 9.17) is 0 Å². The fourth-order valence-corrected chi connectivity index (χ4v) is 3.24. The number of amides is 1. The predicted octanol–water partition coefficient (Wildman–Crippen LogP) is 3.42. The van der Waals surface area contributed by atoms with E-state index in [1.807, 2.05) is 4.90 Å². The summed E-state index contributed by atoms with van der Waals surface area (Å²) in [5.41, 5.74) is 2.55. The molecule has 0 bridgehead atoms. The molecular formula is C17H22N2O. The van der Waals surface area contributed by atoms with E-state index in [2.05, 4.69) is 48.7 Å². The van der Waals surface area contributed by atoms with Gasteiger partial charge in [-0.25, -0.2) is 0 Å². The molecule has 20 heavy (non-hydrogen) atoms. The average molecular weight is 270 g/mol. The summed E-state index contributed by atoms with van der Waals surface area (Å²) in [7, 11) is 0. The summed E-state index contributed by atoms with van der Waals surface area (Å²) in [4.78, 5) is 14.5. The van der Waals surface area contributed by atoms with Gasteiger partial charge >= 0.3 is 0 Å². The van der Waals surface area contributed by atoms with Crippen LogP contribution in [-0.4, -0.2) is 21.9 Å². The van der Waals surface area contributed by atoms with Gasteiger partial charge in [-0.3, -0.25) is 4.79 Å². The highest BCUT2D eigenvalue weighted by atomic mass is 16.2. The van der Waals surface area contributed by atoms with E-state index in [0.717, 1.165) is 32.5 Å². The molecule has 3 rings (SSSR count).